The van der Waals surface area contributed by atoms with Gasteiger partial charge in [0.2, 0.25) is 5.75 Å². The topological polar surface area (TPSA) is 88.0 Å². The quantitative estimate of drug-likeness (QED) is 0.446. The molecule has 3 aliphatic rings. The van der Waals surface area contributed by atoms with Crippen LogP contribution in [0.5, 0.6) is 5.75 Å². The summed E-state index contributed by atoms with van der Waals surface area (Å²) in [5.74, 6) is -0.146. The van der Waals surface area contributed by atoms with E-state index in [1.807, 2.05) is 4.90 Å². The first-order valence-corrected chi connectivity index (χ1v) is 14.9. The molecule has 3 aromatic rings. The van der Waals surface area contributed by atoms with E-state index >= 15 is 0 Å². The van der Waals surface area contributed by atoms with Gasteiger partial charge in [-0.15, -0.1) is 0 Å². The molecule has 3 heterocycles. The Kier molecular flexibility index (Phi) is 6.98. The Balaban J connectivity index is 1.25. The molecule has 12 heteroatoms. The maximum Gasteiger partial charge on any atom is 0.316 e. The zero-order valence-electron chi connectivity index (χ0n) is 21.3. The summed E-state index contributed by atoms with van der Waals surface area (Å²) in [6.45, 7) is 1.48. The van der Waals surface area contributed by atoms with Gasteiger partial charge in [-0.3, -0.25) is 9.10 Å². The van der Waals surface area contributed by atoms with Crippen LogP contribution in [0.3, 0.4) is 0 Å². The van der Waals surface area contributed by atoms with Crippen molar-refractivity contribution < 1.29 is 17.5 Å². The zero-order chi connectivity index (χ0) is 27.1. The number of piperazine rings is 1. The summed E-state index contributed by atoms with van der Waals surface area (Å²) < 4.78 is 51.0. The first-order valence-electron chi connectivity index (χ1n) is 13.2. The minimum absolute atomic E-state index is 0.0478. The molecule has 0 amide bonds. The molecule has 1 aliphatic carbocycles. The van der Waals surface area contributed by atoms with Crippen LogP contribution in [0, 0.1) is 5.82 Å². The molecular formula is C27H29ClFN5O4S. The standard InChI is InChI=1S/C27H29ClFN5O4S/c28-20-4-3-5-22(17-20)34-27(35)26(38-23-6-1-2-7-23)25(18-30-34)31-12-14-32(15-13-31)39(36,37)33-11-10-19-16-21(29)8-9-24(19)33/h3-5,8-9,16-18,23H,1-2,6-7,10-15H2. The fourth-order valence-corrected chi connectivity index (χ4v) is 7.45. The molecule has 6 rings (SSSR count). The predicted molar refractivity (Wildman–Crippen MR) is 148 cm³/mol. The van der Waals surface area contributed by atoms with Gasteiger partial charge in [-0.1, -0.05) is 17.7 Å². The van der Waals surface area contributed by atoms with E-state index in [-0.39, 0.29) is 42.9 Å². The van der Waals surface area contributed by atoms with Crippen LogP contribution >= 0.6 is 11.6 Å². The number of hydrogen-bond acceptors (Lipinski definition) is 6. The molecule has 0 N–H and O–H groups in total. The Bertz CT molecular complexity index is 1550. The highest BCUT2D eigenvalue weighted by molar-refractivity contribution is 7.90. The number of nitrogens with zero attached hydrogens (tertiary/aromatic N) is 5. The first-order chi connectivity index (χ1) is 18.8. The number of halogens is 2. The maximum absolute atomic E-state index is 13.6. The highest BCUT2D eigenvalue weighted by Crippen LogP contribution is 2.34. The molecular weight excluding hydrogens is 545 g/mol. The highest BCUT2D eigenvalue weighted by atomic mass is 35.5. The third-order valence-electron chi connectivity index (χ3n) is 7.63. The summed E-state index contributed by atoms with van der Waals surface area (Å²) >= 11 is 6.15. The summed E-state index contributed by atoms with van der Waals surface area (Å²) in [5, 5.41) is 4.91. The second-order valence-corrected chi connectivity index (χ2v) is 12.4. The summed E-state index contributed by atoms with van der Waals surface area (Å²) in [5.41, 5.74) is 1.94. The molecule has 9 nitrogen and oxygen atoms in total. The fraction of sp³-hybridized carbons (Fsp3) is 0.407. The number of rotatable bonds is 6. The van der Waals surface area contributed by atoms with Gasteiger partial charge in [0.25, 0.3) is 0 Å². The number of fused-ring (bicyclic) bond motifs is 1. The number of ether oxygens (including phenoxy) is 1. The average molecular weight is 574 g/mol. The highest BCUT2D eigenvalue weighted by Gasteiger charge is 2.37. The molecule has 0 radical (unpaired) electrons. The first kappa shape index (κ1) is 26.1. The van der Waals surface area contributed by atoms with E-state index in [9.17, 15) is 17.6 Å². The summed E-state index contributed by atoms with van der Waals surface area (Å²) in [7, 11) is -3.79. The molecule has 1 saturated heterocycles. The van der Waals surface area contributed by atoms with Crippen molar-refractivity contribution in [1.29, 1.82) is 0 Å². The molecule has 0 bridgehead atoms. The largest absolute Gasteiger partial charge is 0.483 e. The lowest BCUT2D eigenvalue weighted by molar-refractivity contribution is 0.205. The monoisotopic (exact) mass is 573 g/mol. The average Bonchev–Trinajstić information content (AvgIpc) is 3.60. The molecule has 1 saturated carbocycles. The summed E-state index contributed by atoms with van der Waals surface area (Å²) in [6, 6.07) is 11.1. The van der Waals surface area contributed by atoms with Crippen molar-refractivity contribution in [2.75, 3.05) is 41.9 Å². The zero-order valence-corrected chi connectivity index (χ0v) is 22.9. The third-order valence-corrected chi connectivity index (χ3v) is 9.82. The molecule has 0 atom stereocenters. The number of hydrogen-bond donors (Lipinski definition) is 0. The van der Waals surface area contributed by atoms with Gasteiger partial charge in [-0.25, -0.2) is 4.39 Å². The van der Waals surface area contributed by atoms with Gasteiger partial charge < -0.3 is 9.64 Å². The van der Waals surface area contributed by atoms with E-state index in [1.165, 1.54) is 31.5 Å². The van der Waals surface area contributed by atoms with E-state index in [0.717, 1.165) is 25.7 Å². The van der Waals surface area contributed by atoms with E-state index < -0.39 is 10.2 Å². The van der Waals surface area contributed by atoms with Crippen LogP contribution in [-0.2, 0) is 16.6 Å². The Morgan fingerprint density at radius 2 is 1.74 bits per heavy atom. The Morgan fingerprint density at radius 3 is 2.49 bits per heavy atom. The van der Waals surface area contributed by atoms with Crippen molar-refractivity contribution in [3.8, 4) is 11.4 Å². The minimum atomic E-state index is -3.79. The van der Waals surface area contributed by atoms with Crippen LogP contribution in [-0.4, -0.2) is 61.3 Å². The van der Waals surface area contributed by atoms with Gasteiger partial charge in [0, 0.05) is 37.7 Å². The smallest absolute Gasteiger partial charge is 0.316 e. The number of aromatic nitrogens is 2. The van der Waals surface area contributed by atoms with Crippen LogP contribution in [0.15, 0.2) is 53.5 Å². The summed E-state index contributed by atoms with van der Waals surface area (Å²) in [6.07, 6.45) is 5.91. The van der Waals surface area contributed by atoms with E-state index in [4.69, 9.17) is 16.3 Å². The van der Waals surface area contributed by atoms with Crippen molar-refractivity contribution in [1.82, 2.24) is 14.1 Å². The maximum atomic E-state index is 13.6. The number of anilines is 2. The van der Waals surface area contributed by atoms with E-state index in [0.29, 0.717) is 47.2 Å². The van der Waals surface area contributed by atoms with Crippen molar-refractivity contribution in [3.63, 3.8) is 0 Å². The molecule has 39 heavy (non-hydrogen) atoms. The van der Waals surface area contributed by atoms with Gasteiger partial charge in [0.15, 0.2) is 0 Å². The van der Waals surface area contributed by atoms with Gasteiger partial charge in [-0.05, 0) is 74.1 Å². The van der Waals surface area contributed by atoms with E-state index in [1.54, 1.807) is 30.5 Å². The van der Waals surface area contributed by atoms with Crippen LogP contribution in [0.4, 0.5) is 15.8 Å². The fourth-order valence-electron chi connectivity index (χ4n) is 5.61. The Labute approximate surface area is 231 Å². The van der Waals surface area contributed by atoms with Crippen molar-refractivity contribution in [2.45, 2.75) is 38.2 Å². The van der Waals surface area contributed by atoms with Crippen molar-refractivity contribution >= 4 is 33.2 Å². The minimum Gasteiger partial charge on any atom is -0.483 e. The van der Waals surface area contributed by atoms with Crippen LogP contribution < -0.4 is 19.5 Å². The van der Waals surface area contributed by atoms with Gasteiger partial charge in [0.1, 0.15) is 11.5 Å². The summed E-state index contributed by atoms with van der Waals surface area (Å²) in [4.78, 5) is 15.6. The second-order valence-electron chi connectivity index (χ2n) is 10.1. The predicted octanol–water partition coefficient (Wildman–Crippen LogP) is 3.78. The van der Waals surface area contributed by atoms with Gasteiger partial charge in [-0.2, -0.15) is 22.5 Å². The van der Waals surface area contributed by atoms with E-state index in [2.05, 4.69) is 5.10 Å². The normalized spacial score (nSPS) is 18.5. The SMILES string of the molecule is O=c1c(OC2CCCC2)c(N2CCN(S(=O)(=O)N3CCc4cc(F)ccc43)CC2)cnn1-c1cccc(Cl)c1. The lowest BCUT2D eigenvalue weighted by Crippen LogP contribution is -2.53. The van der Waals surface area contributed by atoms with Crippen molar-refractivity contribution in [2.24, 2.45) is 0 Å². The van der Waals surface area contributed by atoms with Gasteiger partial charge in [0.05, 0.1) is 23.7 Å². The number of benzene rings is 2. The molecule has 2 fully saturated rings. The molecule has 0 unspecified atom stereocenters. The Morgan fingerprint density at radius 1 is 0.974 bits per heavy atom. The Hall–Kier alpha value is -3.15. The van der Waals surface area contributed by atoms with Crippen molar-refractivity contribution in [3.05, 3.63) is 75.4 Å². The lowest BCUT2D eigenvalue weighted by atomic mass is 10.2. The molecule has 1 aromatic heterocycles. The second kappa shape index (κ2) is 10.4. The van der Waals surface area contributed by atoms with Crippen LogP contribution in [0.1, 0.15) is 31.2 Å². The lowest BCUT2D eigenvalue weighted by Gasteiger charge is -2.37. The van der Waals surface area contributed by atoms with Crippen LogP contribution in [0.2, 0.25) is 5.02 Å². The van der Waals surface area contributed by atoms with Crippen LogP contribution in [0.25, 0.3) is 5.69 Å². The molecule has 206 valence electrons. The third kappa shape index (κ3) is 4.99. The molecule has 2 aliphatic heterocycles. The molecule has 0 spiro atoms. The van der Waals surface area contributed by atoms with Gasteiger partial charge >= 0.3 is 15.8 Å². The molecule has 2 aromatic carbocycles.